The average Bonchev–Trinajstić information content (AvgIpc) is 2.89. The van der Waals surface area contributed by atoms with E-state index in [2.05, 4.69) is 21.2 Å². The van der Waals surface area contributed by atoms with Crippen LogP contribution in [0.2, 0.25) is 0 Å². The van der Waals surface area contributed by atoms with E-state index in [0.717, 1.165) is 11.3 Å². The summed E-state index contributed by atoms with van der Waals surface area (Å²) in [6.07, 6.45) is 3.06. The standard InChI is InChI=1S/C15H14BrNO3/c1-19-12-4-2-11(3-5-12)10-17-15(18)9-7-13-6-8-14(16)20-13/h2-9H,10H2,1H3,(H,17,18)/b9-7+. The van der Waals surface area contributed by atoms with Crippen molar-refractivity contribution in [3.8, 4) is 5.75 Å². The molecule has 20 heavy (non-hydrogen) atoms. The van der Waals surface area contributed by atoms with Crippen LogP contribution < -0.4 is 10.1 Å². The zero-order chi connectivity index (χ0) is 14.4. The fourth-order valence-electron chi connectivity index (χ4n) is 1.57. The molecule has 0 fully saturated rings. The zero-order valence-corrected chi connectivity index (χ0v) is 12.5. The molecule has 2 aromatic rings. The van der Waals surface area contributed by atoms with Crippen LogP contribution in [0.5, 0.6) is 5.75 Å². The first kappa shape index (κ1) is 14.4. The molecule has 0 bridgehead atoms. The molecule has 0 radical (unpaired) electrons. The molecule has 1 heterocycles. The van der Waals surface area contributed by atoms with E-state index in [9.17, 15) is 4.79 Å². The van der Waals surface area contributed by atoms with E-state index < -0.39 is 0 Å². The largest absolute Gasteiger partial charge is 0.497 e. The lowest BCUT2D eigenvalue weighted by Gasteiger charge is -2.04. The summed E-state index contributed by atoms with van der Waals surface area (Å²) >= 11 is 3.20. The minimum atomic E-state index is -0.173. The molecular weight excluding hydrogens is 322 g/mol. The summed E-state index contributed by atoms with van der Waals surface area (Å²) in [5.74, 6) is 1.24. The molecule has 0 aliphatic carbocycles. The Bertz CT molecular complexity index is 602. The summed E-state index contributed by atoms with van der Waals surface area (Å²) in [5, 5.41) is 2.79. The second kappa shape index (κ2) is 6.96. The first-order chi connectivity index (χ1) is 9.67. The highest BCUT2D eigenvalue weighted by molar-refractivity contribution is 9.10. The van der Waals surface area contributed by atoms with E-state index in [1.807, 2.05) is 24.3 Å². The van der Waals surface area contributed by atoms with E-state index in [0.29, 0.717) is 17.0 Å². The molecule has 0 saturated heterocycles. The van der Waals surface area contributed by atoms with Crippen LogP contribution in [0.3, 0.4) is 0 Å². The van der Waals surface area contributed by atoms with Gasteiger partial charge in [0, 0.05) is 12.6 Å². The van der Waals surface area contributed by atoms with Gasteiger partial charge in [0.05, 0.1) is 7.11 Å². The molecule has 1 N–H and O–H groups in total. The van der Waals surface area contributed by atoms with Gasteiger partial charge >= 0.3 is 0 Å². The maximum absolute atomic E-state index is 11.6. The monoisotopic (exact) mass is 335 g/mol. The molecule has 1 amide bonds. The third-order valence-electron chi connectivity index (χ3n) is 2.62. The number of hydrogen-bond donors (Lipinski definition) is 1. The smallest absolute Gasteiger partial charge is 0.244 e. The lowest BCUT2D eigenvalue weighted by atomic mass is 10.2. The number of benzene rings is 1. The maximum Gasteiger partial charge on any atom is 0.244 e. The van der Waals surface area contributed by atoms with E-state index >= 15 is 0 Å². The highest BCUT2D eigenvalue weighted by Gasteiger charge is 1.99. The van der Waals surface area contributed by atoms with E-state index in [-0.39, 0.29) is 5.91 Å². The van der Waals surface area contributed by atoms with Crippen molar-refractivity contribution in [1.82, 2.24) is 5.32 Å². The number of carbonyl (C=O) groups is 1. The number of amides is 1. The highest BCUT2D eigenvalue weighted by atomic mass is 79.9. The molecule has 0 aliphatic heterocycles. The lowest BCUT2D eigenvalue weighted by Crippen LogP contribution is -2.20. The van der Waals surface area contributed by atoms with Crippen LogP contribution in [0, 0.1) is 0 Å². The van der Waals surface area contributed by atoms with Crippen LogP contribution >= 0.6 is 15.9 Å². The SMILES string of the molecule is COc1ccc(CNC(=O)/C=C/c2ccc(Br)o2)cc1. The van der Waals surface area contributed by atoms with Crippen molar-refractivity contribution in [1.29, 1.82) is 0 Å². The lowest BCUT2D eigenvalue weighted by molar-refractivity contribution is -0.116. The Morgan fingerprint density at radius 1 is 1.30 bits per heavy atom. The predicted molar refractivity (Wildman–Crippen MR) is 80.3 cm³/mol. The molecule has 0 saturated carbocycles. The quantitative estimate of drug-likeness (QED) is 0.852. The Morgan fingerprint density at radius 3 is 2.65 bits per heavy atom. The Labute approximate surface area is 125 Å². The first-order valence-electron chi connectivity index (χ1n) is 6.01. The van der Waals surface area contributed by atoms with Crippen LogP contribution in [0.4, 0.5) is 0 Å². The number of methoxy groups -OCH3 is 1. The molecule has 0 aliphatic rings. The molecule has 1 aromatic carbocycles. The van der Waals surface area contributed by atoms with Crippen LogP contribution in [0.1, 0.15) is 11.3 Å². The summed E-state index contributed by atoms with van der Waals surface area (Å²) in [7, 11) is 1.62. The summed E-state index contributed by atoms with van der Waals surface area (Å²) in [4.78, 5) is 11.6. The zero-order valence-electron chi connectivity index (χ0n) is 10.9. The fourth-order valence-corrected chi connectivity index (χ4v) is 1.89. The van der Waals surface area contributed by atoms with Crippen molar-refractivity contribution in [2.45, 2.75) is 6.54 Å². The minimum Gasteiger partial charge on any atom is -0.497 e. The van der Waals surface area contributed by atoms with Crippen LogP contribution in [-0.4, -0.2) is 13.0 Å². The highest BCUT2D eigenvalue weighted by Crippen LogP contribution is 2.15. The van der Waals surface area contributed by atoms with E-state index in [4.69, 9.17) is 9.15 Å². The van der Waals surface area contributed by atoms with Gasteiger partial charge in [-0.25, -0.2) is 0 Å². The van der Waals surface area contributed by atoms with Crippen molar-refractivity contribution >= 4 is 27.9 Å². The van der Waals surface area contributed by atoms with Crippen LogP contribution in [0.15, 0.2) is 51.6 Å². The summed E-state index contributed by atoms with van der Waals surface area (Å²) in [6.45, 7) is 0.467. The fraction of sp³-hybridized carbons (Fsp3) is 0.133. The van der Waals surface area contributed by atoms with Gasteiger partial charge < -0.3 is 14.5 Å². The van der Waals surface area contributed by atoms with Crippen molar-refractivity contribution in [3.05, 3.63) is 58.5 Å². The molecule has 2 rings (SSSR count). The van der Waals surface area contributed by atoms with Gasteiger partial charge in [-0.05, 0) is 51.8 Å². The molecule has 0 atom stereocenters. The van der Waals surface area contributed by atoms with Crippen molar-refractivity contribution in [3.63, 3.8) is 0 Å². The van der Waals surface area contributed by atoms with Gasteiger partial charge in [-0.3, -0.25) is 4.79 Å². The van der Waals surface area contributed by atoms with Crippen molar-refractivity contribution in [2.24, 2.45) is 0 Å². The molecule has 0 unspecified atom stereocenters. The third-order valence-corrected chi connectivity index (χ3v) is 3.04. The van der Waals surface area contributed by atoms with Gasteiger partial charge in [-0.15, -0.1) is 0 Å². The topological polar surface area (TPSA) is 51.5 Å². The number of rotatable bonds is 5. The Hall–Kier alpha value is -2.01. The van der Waals surface area contributed by atoms with Gasteiger partial charge in [0.25, 0.3) is 0 Å². The predicted octanol–water partition coefficient (Wildman–Crippen LogP) is 3.38. The summed E-state index contributed by atoms with van der Waals surface area (Å²) < 4.78 is 11.0. The molecule has 104 valence electrons. The van der Waals surface area contributed by atoms with Gasteiger partial charge in [-0.2, -0.15) is 0 Å². The van der Waals surface area contributed by atoms with E-state index in [1.54, 1.807) is 25.3 Å². The summed E-state index contributed by atoms with van der Waals surface area (Å²) in [5.41, 5.74) is 1.01. The molecule has 4 nitrogen and oxygen atoms in total. The molecule has 0 spiro atoms. The van der Waals surface area contributed by atoms with E-state index in [1.165, 1.54) is 6.08 Å². The Kier molecular flexibility index (Phi) is 5.01. The minimum absolute atomic E-state index is 0.173. The van der Waals surface area contributed by atoms with Crippen LogP contribution in [-0.2, 0) is 11.3 Å². The van der Waals surface area contributed by atoms with Gasteiger partial charge in [-0.1, -0.05) is 12.1 Å². The van der Waals surface area contributed by atoms with Crippen LogP contribution in [0.25, 0.3) is 6.08 Å². The average molecular weight is 336 g/mol. The van der Waals surface area contributed by atoms with Crippen molar-refractivity contribution in [2.75, 3.05) is 7.11 Å². The van der Waals surface area contributed by atoms with Gasteiger partial charge in [0.1, 0.15) is 11.5 Å². The maximum atomic E-state index is 11.6. The third kappa shape index (κ3) is 4.28. The number of ether oxygens (including phenoxy) is 1. The Morgan fingerprint density at radius 2 is 2.05 bits per heavy atom. The normalized spacial score (nSPS) is 10.7. The number of halogens is 1. The molecule has 1 aromatic heterocycles. The summed E-state index contributed by atoms with van der Waals surface area (Å²) in [6, 6.07) is 11.1. The second-order valence-corrected chi connectivity index (χ2v) is 4.82. The molecular formula is C15H14BrNO3. The number of nitrogens with one attached hydrogen (secondary N) is 1. The second-order valence-electron chi connectivity index (χ2n) is 4.04. The first-order valence-corrected chi connectivity index (χ1v) is 6.81. The van der Waals surface area contributed by atoms with Crippen molar-refractivity contribution < 1.29 is 13.9 Å². The Balaban J connectivity index is 1.83. The number of carbonyl (C=O) groups excluding carboxylic acids is 1. The number of hydrogen-bond acceptors (Lipinski definition) is 3. The van der Waals surface area contributed by atoms with Gasteiger partial charge in [0.15, 0.2) is 4.67 Å². The van der Waals surface area contributed by atoms with Gasteiger partial charge in [0.2, 0.25) is 5.91 Å². The molecule has 5 heteroatoms. The number of furan rings is 1.